The number of carboxylic acids is 1. The molecular weight excluding hydrogens is 322 g/mol. The van der Waals surface area contributed by atoms with Gasteiger partial charge in [-0.3, -0.25) is 14.4 Å². The molecule has 2 unspecified atom stereocenters. The number of nitrogens with one attached hydrogen (secondary N) is 2. The summed E-state index contributed by atoms with van der Waals surface area (Å²) in [6.07, 6.45) is 5.50. The summed E-state index contributed by atoms with van der Waals surface area (Å²) in [5.41, 5.74) is 1.41. The third-order valence-corrected chi connectivity index (χ3v) is 4.56. The van der Waals surface area contributed by atoms with Crippen molar-refractivity contribution < 1.29 is 19.5 Å². The number of carbonyl (C=O) groups excluding carboxylic acids is 2. The minimum Gasteiger partial charge on any atom is -0.481 e. The van der Waals surface area contributed by atoms with Gasteiger partial charge in [-0.05, 0) is 25.7 Å². The van der Waals surface area contributed by atoms with Crippen molar-refractivity contribution in [3.8, 4) is 0 Å². The number of amides is 2. The predicted octanol–water partition coefficient (Wildman–Crippen LogP) is 1.64. The van der Waals surface area contributed by atoms with E-state index in [9.17, 15) is 14.4 Å². The lowest BCUT2D eigenvalue weighted by atomic mass is 9.86. The Balaban J connectivity index is 1.79. The van der Waals surface area contributed by atoms with Crippen molar-refractivity contribution in [3.63, 3.8) is 0 Å². The molecule has 0 fully saturated rings. The quantitative estimate of drug-likeness (QED) is 0.579. The summed E-state index contributed by atoms with van der Waals surface area (Å²) in [5, 5.41) is 14.4. The lowest BCUT2D eigenvalue weighted by molar-refractivity contribution is -0.137. The number of hydrogen-bond donors (Lipinski definition) is 3. The number of aliphatic carboxylic acids is 1. The highest BCUT2D eigenvalue weighted by Crippen LogP contribution is 2.28. The Morgan fingerprint density at radius 1 is 1.36 bits per heavy atom. The molecule has 0 radical (unpaired) electrons. The van der Waals surface area contributed by atoms with E-state index in [0.29, 0.717) is 31.5 Å². The molecular formula is C18H27N3O4. The number of nitrogens with zero attached hydrogens (tertiary/aromatic N) is 1. The van der Waals surface area contributed by atoms with E-state index in [1.807, 2.05) is 19.9 Å². The van der Waals surface area contributed by atoms with E-state index < -0.39 is 5.97 Å². The average Bonchev–Trinajstić information content (AvgIpc) is 2.56. The van der Waals surface area contributed by atoms with Gasteiger partial charge in [-0.2, -0.15) is 0 Å². The number of allylic oxidation sites excluding steroid dienone is 1. The summed E-state index contributed by atoms with van der Waals surface area (Å²) >= 11 is 0. The Bertz CT molecular complexity index is 595. The second-order valence-electron chi connectivity index (χ2n) is 6.97. The van der Waals surface area contributed by atoms with Crippen molar-refractivity contribution in [2.75, 3.05) is 6.54 Å². The number of unbranched alkanes of at least 4 members (excludes halogenated alkanes) is 2. The summed E-state index contributed by atoms with van der Waals surface area (Å²) in [6, 6.07) is -0.185. The van der Waals surface area contributed by atoms with Gasteiger partial charge in [0.05, 0.1) is 11.7 Å². The zero-order chi connectivity index (χ0) is 18.4. The maximum atomic E-state index is 12.3. The molecule has 25 heavy (non-hydrogen) atoms. The van der Waals surface area contributed by atoms with Gasteiger partial charge in [0, 0.05) is 24.8 Å². The molecule has 0 aromatic heterocycles. The topological polar surface area (TPSA) is 108 Å². The number of hydrogen-bond acceptors (Lipinski definition) is 4. The van der Waals surface area contributed by atoms with Crippen molar-refractivity contribution in [2.24, 2.45) is 16.8 Å². The van der Waals surface area contributed by atoms with Crippen LogP contribution in [0.2, 0.25) is 0 Å². The minimum absolute atomic E-state index is 0.0126. The molecule has 3 N–H and O–H groups in total. The van der Waals surface area contributed by atoms with E-state index in [1.54, 1.807) is 0 Å². The van der Waals surface area contributed by atoms with Crippen LogP contribution in [-0.4, -0.2) is 41.2 Å². The maximum Gasteiger partial charge on any atom is 0.303 e. The van der Waals surface area contributed by atoms with Crippen LogP contribution >= 0.6 is 0 Å². The van der Waals surface area contributed by atoms with Gasteiger partial charge in [-0.15, -0.1) is 0 Å². The molecule has 0 saturated carbocycles. The maximum absolute atomic E-state index is 12.3. The highest BCUT2D eigenvalue weighted by Gasteiger charge is 2.34. The summed E-state index contributed by atoms with van der Waals surface area (Å²) in [7, 11) is 0. The van der Waals surface area contributed by atoms with E-state index >= 15 is 0 Å². The first-order chi connectivity index (χ1) is 11.9. The second-order valence-corrected chi connectivity index (χ2v) is 6.97. The van der Waals surface area contributed by atoms with Crippen LogP contribution in [-0.2, 0) is 14.4 Å². The van der Waals surface area contributed by atoms with E-state index in [2.05, 4.69) is 15.6 Å². The highest BCUT2D eigenvalue weighted by atomic mass is 16.4. The Labute approximate surface area is 148 Å². The molecule has 0 aromatic carbocycles. The van der Waals surface area contributed by atoms with Gasteiger partial charge in [0.1, 0.15) is 5.71 Å². The average molecular weight is 349 g/mol. The van der Waals surface area contributed by atoms with Crippen molar-refractivity contribution in [3.05, 3.63) is 11.8 Å². The molecule has 7 nitrogen and oxygen atoms in total. The van der Waals surface area contributed by atoms with Gasteiger partial charge in [-0.1, -0.05) is 26.3 Å². The minimum atomic E-state index is -0.786. The summed E-state index contributed by atoms with van der Waals surface area (Å²) in [5.74, 6) is -1.03. The van der Waals surface area contributed by atoms with Crippen LogP contribution < -0.4 is 10.6 Å². The van der Waals surface area contributed by atoms with Gasteiger partial charge in [0.25, 0.3) is 5.91 Å². The van der Waals surface area contributed by atoms with Gasteiger partial charge < -0.3 is 15.7 Å². The molecule has 1 heterocycles. The van der Waals surface area contributed by atoms with Crippen LogP contribution in [0.3, 0.4) is 0 Å². The van der Waals surface area contributed by atoms with Gasteiger partial charge >= 0.3 is 5.97 Å². The van der Waals surface area contributed by atoms with E-state index in [0.717, 1.165) is 18.5 Å². The zero-order valence-electron chi connectivity index (χ0n) is 14.9. The Morgan fingerprint density at radius 2 is 2.12 bits per heavy atom. The molecule has 138 valence electrons. The number of rotatable bonds is 8. The number of carbonyl (C=O) groups is 3. The summed E-state index contributed by atoms with van der Waals surface area (Å²) in [4.78, 5) is 39.3. The van der Waals surface area contributed by atoms with Crippen LogP contribution in [0.5, 0.6) is 0 Å². The van der Waals surface area contributed by atoms with Crippen LogP contribution in [0.25, 0.3) is 0 Å². The first-order valence-corrected chi connectivity index (χ1v) is 8.97. The van der Waals surface area contributed by atoms with E-state index in [4.69, 9.17) is 5.11 Å². The second kappa shape index (κ2) is 8.78. The molecule has 7 heteroatoms. The van der Waals surface area contributed by atoms with Crippen molar-refractivity contribution >= 4 is 23.5 Å². The summed E-state index contributed by atoms with van der Waals surface area (Å²) < 4.78 is 0. The zero-order valence-corrected chi connectivity index (χ0v) is 14.9. The first kappa shape index (κ1) is 19.1. The van der Waals surface area contributed by atoms with Crippen LogP contribution in [0.4, 0.5) is 0 Å². The lowest BCUT2D eigenvalue weighted by Gasteiger charge is -2.32. The molecule has 0 bridgehead atoms. The Kier molecular flexibility index (Phi) is 6.73. The molecule has 2 atom stereocenters. The third kappa shape index (κ3) is 5.41. The number of aliphatic imine (C=N–C) groups is 1. The van der Waals surface area contributed by atoms with Crippen LogP contribution in [0, 0.1) is 11.8 Å². The molecule has 1 aliphatic heterocycles. The predicted molar refractivity (Wildman–Crippen MR) is 94.1 cm³/mol. The van der Waals surface area contributed by atoms with Gasteiger partial charge in [0.15, 0.2) is 0 Å². The van der Waals surface area contributed by atoms with Crippen LogP contribution in [0.15, 0.2) is 16.8 Å². The Hall–Kier alpha value is -2.18. The normalized spacial score (nSPS) is 22.6. The lowest BCUT2D eigenvalue weighted by Crippen LogP contribution is -2.49. The van der Waals surface area contributed by atoms with Crippen LogP contribution in [0.1, 0.15) is 52.4 Å². The molecule has 1 aliphatic carbocycles. The highest BCUT2D eigenvalue weighted by molar-refractivity contribution is 6.40. The molecule has 0 saturated heterocycles. The fraction of sp³-hybridized carbons (Fsp3) is 0.667. The third-order valence-electron chi connectivity index (χ3n) is 4.56. The number of fused-ring (bicyclic) bond motifs is 1. The molecule has 2 rings (SSSR count). The number of carboxylic acid groups (broad SMARTS) is 1. The fourth-order valence-corrected chi connectivity index (χ4v) is 3.12. The smallest absolute Gasteiger partial charge is 0.303 e. The SMILES string of the molecule is CC(C)C1=NC2=CCC(C(=O)NCCCCCC(=O)O)CC2NC1=O. The molecule has 2 aliphatic rings. The van der Waals surface area contributed by atoms with Crippen molar-refractivity contribution in [1.29, 1.82) is 0 Å². The van der Waals surface area contributed by atoms with E-state index in [-0.39, 0.29) is 36.1 Å². The van der Waals surface area contributed by atoms with Crippen molar-refractivity contribution in [2.45, 2.75) is 58.4 Å². The molecule has 2 amide bonds. The molecule has 0 spiro atoms. The fourth-order valence-electron chi connectivity index (χ4n) is 3.12. The van der Waals surface area contributed by atoms with Gasteiger partial charge in [-0.25, -0.2) is 4.99 Å². The molecule has 0 aromatic rings. The summed E-state index contributed by atoms with van der Waals surface area (Å²) in [6.45, 7) is 4.43. The standard InChI is InChI=1S/C18H27N3O4/c1-11(2)16-18(25)21-14-10-12(7-8-13(14)20-16)17(24)19-9-5-3-4-6-15(22)23/h8,11-12,14H,3-7,9-10H2,1-2H3,(H,19,24)(H,21,25)(H,22,23). The Morgan fingerprint density at radius 3 is 2.80 bits per heavy atom. The van der Waals surface area contributed by atoms with Gasteiger partial charge in [0.2, 0.25) is 5.91 Å². The van der Waals surface area contributed by atoms with E-state index in [1.165, 1.54) is 0 Å². The van der Waals surface area contributed by atoms with Crippen molar-refractivity contribution in [1.82, 2.24) is 10.6 Å². The monoisotopic (exact) mass is 349 g/mol. The first-order valence-electron chi connectivity index (χ1n) is 8.97. The largest absolute Gasteiger partial charge is 0.481 e.